The van der Waals surface area contributed by atoms with E-state index in [1.807, 2.05) is 0 Å². The lowest BCUT2D eigenvalue weighted by molar-refractivity contribution is 0.270. The Hall–Kier alpha value is -0.870. The number of hydrogen-bond donors (Lipinski definition) is 0. The highest BCUT2D eigenvalue weighted by molar-refractivity contribution is 6.17. The molecule has 0 saturated carbocycles. The van der Waals surface area contributed by atoms with Gasteiger partial charge in [0.05, 0.1) is 0 Å². The number of anilines is 1. The fourth-order valence-electron chi connectivity index (χ4n) is 2.99. The number of hydrogen-bond acceptors (Lipinski definition) is 2. The van der Waals surface area contributed by atoms with Crippen LogP contribution in [-0.4, -0.2) is 37.6 Å². The maximum atomic E-state index is 14.0. The van der Waals surface area contributed by atoms with E-state index in [-0.39, 0.29) is 11.6 Å². The van der Waals surface area contributed by atoms with Gasteiger partial charge in [-0.25, -0.2) is 8.78 Å². The van der Waals surface area contributed by atoms with Crippen LogP contribution in [0.25, 0.3) is 0 Å². The lowest BCUT2D eigenvalue weighted by Crippen LogP contribution is -2.39. The first kappa shape index (κ1) is 15.5. The van der Waals surface area contributed by atoms with Gasteiger partial charge in [-0.05, 0) is 43.6 Å². The Bertz CT molecular complexity index is 444. The minimum absolute atomic E-state index is 0.0434. The lowest BCUT2D eigenvalue weighted by Gasteiger charge is -2.29. The molecule has 0 aromatic heterocycles. The Balaban J connectivity index is 2.15. The average Bonchev–Trinajstić information content (AvgIpc) is 2.84. The number of likely N-dealkylation sites (N-methyl/N-ethyl adjacent to an activating group) is 2. The van der Waals surface area contributed by atoms with Gasteiger partial charge in [0.25, 0.3) is 0 Å². The molecule has 2 nitrogen and oxygen atoms in total. The van der Waals surface area contributed by atoms with Crippen LogP contribution in [0.5, 0.6) is 0 Å². The summed E-state index contributed by atoms with van der Waals surface area (Å²) in [6.07, 6.45) is 2.24. The summed E-state index contributed by atoms with van der Waals surface area (Å²) in [5.74, 6) is -0.960. The van der Waals surface area contributed by atoms with E-state index in [4.69, 9.17) is 11.6 Å². The van der Waals surface area contributed by atoms with Crippen molar-refractivity contribution in [2.24, 2.45) is 0 Å². The number of rotatable bonds is 5. The third kappa shape index (κ3) is 3.23. The third-order valence-electron chi connectivity index (χ3n) is 4.00. The number of likely N-dealkylation sites (tertiary alicyclic amines) is 1. The normalized spacial score (nSPS) is 19.6. The summed E-state index contributed by atoms with van der Waals surface area (Å²) in [5.41, 5.74) is 0.511. The molecule has 0 bridgehead atoms. The zero-order valence-corrected chi connectivity index (χ0v) is 12.8. The first-order valence-corrected chi connectivity index (χ1v) is 7.59. The Labute approximate surface area is 124 Å². The Morgan fingerprint density at radius 1 is 1.35 bits per heavy atom. The van der Waals surface area contributed by atoms with Gasteiger partial charge in [0.2, 0.25) is 0 Å². The van der Waals surface area contributed by atoms with Crippen LogP contribution in [-0.2, 0) is 5.88 Å². The zero-order chi connectivity index (χ0) is 14.7. The molecule has 0 spiro atoms. The van der Waals surface area contributed by atoms with E-state index >= 15 is 0 Å². The van der Waals surface area contributed by atoms with Crippen molar-refractivity contribution in [3.63, 3.8) is 0 Å². The van der Waals surface area contributed by atoms with E-state index in [2.05, 4.69) is 11.8 Å². The SMILES string of the molecule is CCN1CCCC1CN(C)c1c(F)cc(CCl)cc1F. The highest BCUT2D eigenvalue weighted by Crippen LogP contribution is 2.27. The monoisotopic (exact) mass is 302 g/mol. The van der Waals surface area contributed by atoms with Gasteiger partial charge in [-0.15, -0.1) is 11.6 Å². The maximum Gasteiger partial charge on any atom is 0.149 e. The van der Waals surface area contributed by atoms with Crippen molar-refractivity contribution in [1.82, 2.24) is 4.90 Å². The van der Waals surface area contributed by atoms with Crippen molar-refractivity contribution < 1.29 is 8.78 Å². The molecule has 1 aliphatic rings. The highest BCUT2D eigenvalue weighted by atomic mass is 35.5. The van der Waals surface area contributed by atoms with E-state index in [1.54, 1.807) is 11.9 Å². The molecule has 1 aliphatic heterocycles. The van der Waals surface area contributed by atoms with Crippen LogP contribution >= 0.6 is 11.6 Å². The van der Waals surface area contributed by atoms with Crippen molar-refractivity contribution in [1.29, 1.82) is 0 Å². The molecule has 20 heavy (non-hydrogen) atoms. The Morgan fingerprint density at radius 2 is 2.00 bits per heavy atom. The molecule has 1 heterocycles. The van der Waals surface area contributed by atoms with Crippen molar-refractivity contribution in [3.8, 4) is 0 Å². The van der Waals surface area contributed by atoms with Crippen molar-refractivity contribution in [2.45, 2.75) is 31.7 Å². The second-order valence-corrected chi connectivity index (χ2v) is 5.61. The van der Waals surface area contributed by atoms with Crippen molar-refractivity contribution in [3.05, 3.63) is 29.3 Å². The lowest BCUT2D eigenvalue weighted by atomic mass is 10.1. The van der Waals surface area contributed by atoms with E-state index in [0.717, 1.165) is 25.9 Å². The van der Waals surface area contributed by atoms with Gasteiger partial charge in [0.1, 0.15) is 17.3 Å². The molecule has 1 unspecified atom stereocenters. The molecular weight excluding hydrogens is 282 g/mol. The fourth-order valence-corrected chi connectivity index (χ4v) is 3.14. The van der Waals surface area contributed by atoms with Gasteiger partial charge in [-0.3, -0.25) is 4.90 Å². The number of nitrogens with zero attached hydrogens (tertiary/aromatic N) is 2. The summed E-state index contributed by atoms with van der Waals surface area (Å²) in [6.45, 7) is 4.82. The fraction of sp³-hybridized carbons (Fsp3) is 0.600. The molecule has 1 atom stereocenters. The summed E-state index contributed by atoms with van der Waals surface area (Å²) in [6, 6.07) is 3.00. The summed E-state index contributed by atoms with van der Waals surface area (Å²) in [4.78, 5) is 4.04. The largest absolute Gasteiger partial charge is 0.368 e. The van der Waals surface area contributed by atoms with Crippen LogP contribution in [0.15, 0.2) is 12.1 Å². The Morgan fingerprint density at radius 3 is 2.55 bits per heavy atom. The minimum atomic E-state index is -0.538. The van der Waals surface area contributed by atoms with Gasteiger partial charge in [-0.2, -0.15) is 0 Å². The molecule has 0 radical (unpaired) electrons. The molecule has 1 aromatic rings. The van der Waals surface area contributed by atoms with Crippen LogP contribution in [0.3, 0.4) is 0 Å². The average molecular weight is 303 g/mol. The minimum Gasteiger partial charge on any atom is -0.368 e. The predicted octanol–water partition coefficient (Wildman–Crippen LogP) is 3.62. The summed E-state index contributed by atoms with van der Waals surface area (Å²) in [5, 5.41) is 0. The summed E-state index contributed by atoms with van der Waals surface area (Å²) in [7, 11) is 1.74. The van der Waals surface area contributed by atoms with E-state index < -0.39 is 11.6 Å². The highest BCUT2D eigenvalue weighted by Gasteiger charge is 2.26. The van der Waals surface area contributed by atoms with E-state index in [0.29, 0.717) is 18.2 Å². The standard InChI is InChI=1S/C15H21ClF2N2/c1-3-20-6-4-5-12(20)10-19(2)15-13(17)7-11(9-16)8-14(15)18/h7-8,12H,3-6,9-10H2,1-2H3. The van der Waals surface area contributed by atoms with Crippen LogP contribution < -0.4 is 4.90 Å². The zero-order valence-electron chi connectivity index (χ0n) is 12.0. The molecule has 5 heteroatoms. The van der Waals surface area contributed by atoms with Gasteiger partial charge in [0, 0.05) is 25.5 Å². The molecule has 2 rings (SSSR count). The van der Waals surface area contributed by atoms with Gasteiger partial charge in [-0.1, -0.05) is 6.92 Å². The van der Waals surface area contributed by atoms with Crippen molar-refractivity contribution >= 4 is 17.3 Å². The number of halogens is 3. The van der Waals surface area contributed by atoms with Crippen molar-refractivity contribution in [2.75, 3.05) is 31.6 Å². The second-order valence-electron chi connectivity index (χ2n) is 5.35. The molecule has 112 valence electrons. The van der Waals surface area contributed by atoms with Crippen LogP contribution in [0.1, 0.15) is 25.3 Å². The van der Waals surface area contributed by atoms with Crippen LogP contribution in [0.2, 0.25) is 0 Å². The molecule has 0 amide bonds. The Kier molecular flexibility index (Phi) is 5.22. The van der Waals surface area contributed by atoms with Crippen LogP contribution in [0.4, 0.5) is 14.5 Å². The molecular formula is C15H21ClF2N2. The topological polar surface area (TPSA) is 6.48 Å². The first-order valence-electron chi connectivity index (χ1n) is 7.05. The molecule has 1 aromatic carbocycles. The molecule has 0 N–H and O–H groups in total. The van der Waals surface area contributed by atoms with Gasteiger partial charge in [0.15, 0.2) is 0 Å². The van der Waals surface area contributed by atoms with Gasteiger partial charge >= 0.3 is 0 Å². The molecule has 0 aliphatic carbocycles. The van der Waals surface area contributed by atoms with Crippen LogP contribution in [0, 0.1) is 11.6 Å². The maximum absolute atomic E-state index is 14.0. The number of alkyl halides is 1. The predicted molar refractivity (Wildman–Crippen MR) is 79.5 cm³/mol. The molecule has 1 fully saturated rings. The third-order valence-corrected chi connectivity index (χ3v) is 4.31. The number of benzene rings is 1. The summed E-state index contributed by atoms with van der Waals surface area (Å²) < 4.78 is 28.1. The first-order chi connectivity index (χ1) is 9.56. The van der Waals surface area contributed by atoms with E-state index in [1.165, 1.54) is 12.1 Å². The van der Waals surface area contributed by atoms with E-state index in [9.17, 15) is 8.78 Å². The molecule has 1 saturated heterocycles. The smallest absolute Gasteiger partial charge is 0.149 e. The quantitative estimate of drug-likeness (QED) is 0.767. The summed E-state index contributed by atoms with van der Waals surface area (Å²) >= 11 is 5.62. The van der Waals surface area contributed by atoms with Gasteiger partial charge < -0.3 is 4.90 Å². The second kappa shape index (κ2) is 6.72.